The maximum absolute atomic E-state index is 12.0. The van der Waals surface area contributed by atoms with E-state index in [1.807, 2.05) is 19.2 Å². The monoisotopic (exact) mass is 233 g/mol. The van der Waals surface area contributed by atoms with Gasteiger partial charge >= 0.3 is 0 Å². The summed E-state index contributed by atoms with van der Waals surface area (Å²) >= 11 is 0. The molecular weight excluding hydrogens is 214 g/mol. The van der Waals surface area contributed by atoms with Gasteiger partial charge in [0.1, 0.15) is 5.69 Å². The Hall–Kier alpha value is -1.26. The van der Waals surface area contributed by atoms with Gasteiger partial charge in [0.15, 0.2) is 5.78 Å². The molecule has 17 heavy (non-hydrogen) atoms. The number of aromatic nitrogens is 1. The molecule has 0 spiro atoms. The minimum Gasteiger partial charge on any atom is -0.316 e. The quantitative estimate of drug-likeness (QED) is 0.786. The predicted molar refractivity (Wildman–Crippen MR) is 67.1 cm³/mol. The molecule has 1 aliphatic rings. The van der Waals surface area contributed by atoms with Gasteiger partial charge in [-0.2, -0.15) is 0 Å². The molecule has 4 nitrogen and oxygen atoms in total. The number of pyridine rings is 1. The lowest BCUT2D eigenvalue weighted by molar-refractivity contribution is 0.0897. The topological polar surface area (TPSA) is 45.2 Å². The lowest BCUT2D eigenvalue weighted by Gasteiger charge is -2.31. The fraction of sp³-hybridized carbons (Fsp3) is 0.538. The fourth-order valence-corrected chi connectivity index (χ4v) is 2.25. The van der Waals surface area contributed by atoms with Crippen molar-refractivity contribution in [2.75, 3.05) is 26.7 Å². The summed E-state index contributed by atoms with van der Waals surface area (Å²) in [5, 5.41) is 3.28. The molecule has 1 fully saturated rings. The molecule has 2 heterocycles. The molecule has 0 amide bonds. The molecule has 0 aromatic carbocycles. The number of nitrogens with one attached hydrogen (secondary N) is 1. The summed E-state index contributed by atoms with van der Waals surface area (Å²) in [6.45, 7) is 2.45. The summed E-state index contributed by atoms with van der Waals surface area (Å²) in [5.74, 6) is 0.113. The van der Waals surface area contributed by atoms with Crippen LogP contribution in [0.25, 0.3) is 0 Å². The largest absolute Gasteiger partial charge is 0.316 e. The molecule has 0 unspecified atom stereocenters. The van der Waals surface area contributed by atoms with Crippen LogP contribution in [-0.2, 0) is 0 Å². The molecule has 2 rings (SSSR count). The summed E-state index contributed by atoms with van der Waals surface area (Å²) in [5.41, 5.74) is 0.569. The Morgan fingerprint density at radius 1 is 1.59 bits per heavy atom. The van der Waals surface area contributed by atoms with Crippen molar-refractivity contribution < 1.29 is 4.79 Å². The molecule has 1 N–H and O–H groups in total. The van der Waals surface area contributed by atoms with Crippen LogP contribution in [0.2, 0.25) is 0 Å². The maximum Gasteiger partial charge on any atom is 0.195 e. The zero-order valence-corrected chi connectivity index (χ0v) is 10.2. The Kier molecular flexibility index (Phi) is 4.23. The van der Waals surface area contributed by atoms with Crippen molar-refractivity contribution in [3.05, 3.63) is 30.1 Å². The first-order valence-corrected chi connectivity index (χ1v) is 6.13. The molecule has 0 saturated carbocycles. The van der Waals surface area contributed by atoms with Crippen LogP contribution in [-0.4, -0.2) is 48.4 Å². The smallest absolute Gasteiger partial charge is 0.195 e. The Balaban J connectivity index is 1.90. The van der Waals surface area contributed by atoms with E-state index in [1.54, 1.807) is 12.3 Å². The normalized spacial score (nSPS) is 21.4. The van der Waals surface area contributed by atoms with E-state index >= 15 is 0 Å². The third-order valence-corrected chi connectivity index (χ3v) is 3.23. The van der Waals surface area contributed by atoms with E-state index in [0.717, 1.165) is 19.5 Å². The van der Waals surface area contributed by atoms with Crippen LogP contribution in [0.15, 0.2) is 24.4 Å². The highest BCUT2D eigenvalue weighted by molar-refractivity contribution is 5.95. The average Bonchev–Trinajstić information content (AvgIpc) is 2.40. The minimum atomic E-state index is 0.113. The zero-order valence-electron chi connectivity index (χ0n) is 10.2. The number of hydrogen-bond donors (Lipinski definition) is 1. The van der Waals surface area contributed by atoms with Crippen LogP contribution >= 0.6 is 0 Å². The second-order valence-electron chi connectivity index (χ2n) is 4.50. The van der Waals surface area contributed by atoms with E-state index in [2.05, 4.69) is 15.2 Å². The van der Waals surface area contributed by atoms with E-state index in [4.69, 9.17) is 0 Å². The molecule has 0 bridgehead atoms. The summed E-state index contributed by atoms with van der Waals surface area (Å²) in [7, 11) is 1.98. The second kappa shape index (κ2) is 5.89. The number of likely N-dealkylation sites (tertiary alicyclic amines) is 1. The Labute approximate surface area is 102 Å². The van der Waals surface area contributed by atoms with Gasteiger partial charge in [-0.1, -0.05) is 6.07 Å². The SMILES string of the molecule is CN[C@H]1CCCN(CC(=O)c2ccccn2)C1. The van der Waals surface area contributed by atoms with E-state index in [0.29, 0.717) is 18.3 Å². The van der Waals surface area contributed by atoms with Crippen LogP contribution < -0.4 is 5.32 Å². The number of nitrogens with zero attached hydrogens (tertiary/aromatic N) is 2. The first-order chi connectivity index (χ1) is 8.29. The number of carbonyl (C=O) groups excluding carboxylic acids is 1. The molecule has 1 saturated heterocycles. The van der Waals surface area contributed by atoms with Gasteiger partial charge < -0.3 is 5.32 Å². The van der Waals surface area contributed by atoms with Crippen molar-refractivity contribution in [3.63, 3.8) is 0 Å². The summed E-state index contributed by atoms with van der Waals surface area (Å²) < 4.78 is 0. The molecule has 1 aliphatic heterocycles. The van der Waals surface area contributed by atoms with Gasteiger partial charge in [0.2, 0.25) is 0 Å². The Morgan fingerprint density at radius 2 is 2.47 bits per heavy atom. The molecule has 92 valence electrons. The van der Waals surface area contributed by atoms with Crippen molar-refractivity contribution in [1.82, 2.24) is 15.2 Å². The van der Waals surface area contributed by atoms with Crippen LogP contribution in [0.4, 0.5) is 0 Å². The standard InChI is InChI=1S/C13H19N3O/c1-14-11-5-4-8-16(9-11)10-13(17)12-6-2-3-7-15-12/h2-3,6-7,11,14H,4-5,8-10H2,1H3/t11-/m0/s1. The van der Waals surface area contributed by atoms with Gasteiger partial charge in [-0.3, -0.25) is 14.7 Å². The molecule has 0 radical (unpaired) electrons. The van der Waals surface area contributed by atoms with Crippen LogP contribution in [0, 0.1) is 0 Å². The number of rotatable bonds is 4. The second-order valence-corrected chi connectivity index (χ2v) is 4.50. The van der Waals surface area contributed by atoms with Crippen LogP contribution in [0.3, 0.4) is 0 Å². The van der Waals surface area contributed by atoms with Gasteiger partial charge in [-0.25, -0.2) is 0 Å². The Bertz CT molecular complexity index is 366. The highest BCUT2D eigenvalue weighted by atomic mass is 16.1. The molecule has 4 heteroatoms. The van der Waals surface area contributed by atoms with E-state index in [1.165, 1.54) is 6.42 Å². The number of Topliss-reactive ketones (excluding diaryl/α,β-unsaturated/α-hetero) is 1. The van der Waals surface area contributed by atoms with Crippen molar-refractivity contribution in [2.24, 2.45) is 0 Å². The lowest BCUT2D eigenvalue weighted by atomic mass is 10.1. The van der Waals surface area contributed by atoms with Gasteiger partial charge in [-0.15, -0.1) is 0 Å². The van der Waals surface area contributed by atoms with Crippen molar-refractivity contribution >= 4 is 5.78 Å². The predicted octanol–water partition coefficient (Wildman–Crippen LogP) is 0.948. The van der Waals surface area contributed by atoms with E-state index in [9.17, 15) is 4.79 Å². The van der Waals surface area contributed by atoms with E-state index < -0.39 is 0 Å². The number of likely N-dealkylation sites (N-methyl/N-ethyl adjacent to an activating group) is 1. The highest BCUT2D eigenvalue weighted by Gasteiger charge is 2.20. The van der Waals surface area contributed by atoms with Gasteiger partial charge in [0, 0.05) is 18.8 Å². The molecular formula is C13H19N3O. The van der Waals surface area contributed by atoms with Crippen molar-refractivity contribution in [1.29, 1.82) is 0 Å². The molecule has 1 aromatic heterocycles. The average molecular weight is 233 g/mol. The van der Waals surface area contributed by atoms with E-state index in [-0.39, 0.29) is 5.78 Å². The number of ketones is 1. The van der Waals surface area contributed by atoms with Crippen LogP contribution in [0.1, 0.15) is 23.3 Å². The minimum absolute atomic E-state index is 0.113. The Morgan fingerprint density at radius 3 is 3.18 bits per heavy atom. The highest BCUT2D eigenvalue weighted by Crippen LogP contribution is 2.10. The number of hydrogen-bond acceptors (Lipinski definition) is 4. The first-order valence-electron chi connectivity index (χ1n) is 6.13. The van der Waals surface area contributed by atoms with Gasteiger partial charge in [0.25, 0.3) is 0 Å². The molecule has 1 atom stereocenters. The number of piperidine rings is 1. The summed E-state index contributed by atoms with van der Waals surface area (Å²) in [6, 6.07) is 5.98. The van der Waals surface area contributed by atoms with Crippen molar-refractivity contribution in [3.8, 4) is 0 Å². The first kappa shape index (κ1) is 12.2. The van der Waals surface area contributed by atoms with Crippen LogP contribution in [0.5, 0.6) is 0 Å². The number of carbonyl (C=O) groups is 1. The zero-order chi connectivity index (χ0) is 12.1. The van der Waals surface area contributed by atoms with Gasteiger partial charge in [-0.05, 0) is 38.6 Å². The lowest BCUT2D eigenvalue weighted by Crippen LogP contribution is -2.46. The third-order valence-electron chi connectivity index (χ3n) is 3.23. The van der Waals surface area contributed by atoms with Crippen molar-refractivity contribution in [2.45, 2.75) is 18.9 Å². The third kappa shape index (κ3) is 3.35. The van der Waals surface area contributed by atoms with Gasteiger partial charge in [0.05, 0.1) is 6.54 Å². The molecule has 0 aliphatic carbocycles. The summed E-state index contributed by atoms with van der Waals surface area (Å²) in [4.78, 5) is 18.3. The summed E-state index contributed by atoms with van der Waals surface area (Å²) in [6.07, 6.45) is 4.02. The fourth-order valence-electron chi connectivity index (χ4n) is 2.25. The molecule has 1 aromatic rings. The maximum atomic E-state index is 12.0.